The lowest BCUT2D eigenvalue weighted by Gasteiger charge is -2.25. The molecule has 1 aromatic carbocycles. The molecule has 0 radical (unpaired) electrons. The Morgan fingerprint density at radius 2 is 2.31 bits per heavy atom. The number of anilines is 1. The molecule has 13 heavy (non-hydrogen) atoms. The van der Waals surface area contributed by atoms with E-state index in [4.69, 9.17) is 5.73 Å². The van der Waals surface area contributed by atoms with Crippen molar-refractivity contribution in [3.05, 3.63) is 23.3 Å². The minimum absolute atomic E-state index is 0.202. The fourth-order valence-corrected chi connectivity index (χ4v) is 1.88. The molecule has 1 aliphatic rings. The predicted octanol–water partition coefficient (Wildman–Crippen LogP) is 1.18. The summed E-state index contributed by atoms with van der Waals surface area (Å²) in [7, 11) is 0. The van der Waals surface area contributed by atoms with E-state index in [1.807, 2.05) is 6.07 Å². The number of nitrogens with one attached hydrogen (secondary N) is 1. The number of hydrogen-bond donors (Lipinski definition) is 3. The minimum atomic E-state index is 0.202. The van der Waals surface area contributed by atoms with E-state index in [0.717, 1.165) is 18.5 Å². The van der Waals surface area contributed by atoms with E-state index in [9.17, 15) is 5.11 Å². The number of benzene rings is 1. The minimum Gasteiger partial charge on any atom is -0.506 e. The molecule has 70 valence electrons. The summed E-state index contributed by atoms with van der Waals surface area (Å²) in [6.45, 7) is 3.04. The van der Waals surface area contributed by atoms with Crippen LogP contribution < -0.4 is 11.1 Å². The van der Waals surface area contributed by atoms with Gasteiger partial charge in [0.05, 0.1) is 5.69 Å². The highest BCUT2D eigenvalue weighted by atomic mass is 16.3. The van der Waals surface area contributed by atoms with Crippen LogP contribution in [0.5, 0.6) is 5.75 Å². The number of nitrogen functional groups attached to an aromatic ring is 1. The van der Waals surface area contributed by atoms with Crippen LogP contribution in [-0.4, -0.2) is 11.7 Å². The Hall–Kier alpha value is -1.22. The Bertz CT molecular complexity index is 336. The molecule has 0 saturated carbocycles. The first-order chi connectivity index (χ1) is 6.20. The first kappa shape index (κ1) is 8.38. The molecule has 1 aromatic rings. The summed E-state index contributed by atoms with van der Waals surface area (Å²) in [5.74, 6) is 0.202. The molecule has 0 saturated heterocycles. The second-order valence-corrected chi connectivity index (χ2v) is 3.49. The van der Waals surface area contributed by atoms with Crippen LogP contribution in [0.25, 0.3) is 0 Å². The number of nitrogens with two attached hydrogens (primary N) is 1. The average molecular weight is 178 g/mol. The van der Waals surface area contributed by atoms with Crippen LogP contribution in [0.2, 0.25) is 0 Å². The standard InChI is InChI=1S/C10H14N2O/c1-6-7-2-3-9(13)10(11)8(7)4-5-12-6/h2-3,6,12-13H,4-5,11H2,1H3. The van der Waals surface area contributed by atoms with Crippen molar-refractivity contribution in [2.75, 3.05) is 12.3 Å². The van der Waals surface area contributed by atoms with Gasteiger partial charge in [-0.2, -0.15) is 0 Å². The molecular weight excluding hydrogens is 164 g/mol. The van der Waals surface area contributed by atoms with Gasteiger partial charge >= 0.3 is 0 Å². The zero-order chi connectivity index (χ0) is 9.42. The van der Waals surface area contributed by atoms with E-state index in [2.05, 4.69) is 12.2 Å². The van der Waals surface area contributed by atoms with E-state index >= 15 is 0 Å². The highest BCUT2D eigenvalue weighted by molar-refractivity contribution is 5.61. The van der Waals surface area contributed by atoms with E-state index in [1.54, 1.807) is 6.07 Å². The first-order valence-electron chi connectivity index (χ1n) is 4.53. The Kier molecular flexibility index (Phi) is 1.88. The van der Waals surface area contributed by atoms with Crippen molar-refractivity contribution >= 4 is 5.69 Å². The van der Waals surface area contributed by atoms with Crippen LogP contribution in [0.15, 0.2) is 12.1 Å². The van der Waals surface area contributed by atoms with Crippen molar-refractivity contribution in [1.29, 1.82) is 0 Å². The van der Waals surface area contributed by atoms with Gasteiger partial charge in [-0.15, -0.1) is 0 Å². The maximum atomic E-state index is 9.42. The number of aromatic hydroxyl groups is 1. The van der Waals surface area contributed by atoms with E-state index in [0.29, 0.717) is 11.7 Å². The Balaban J connectivity index is 2.56. The topological polar surface area (TPSA) is 58.3 Å². The van der Waals surface area contributed by atoms with E-state index < -0.39 is 0 Å². The number of rotatable bonds is 0. The van der Waals surface area contributed by atoms with Gasteiger partial charge in [0, 0.05) is 6.04 Å². The predicted molar refractivity (Wildman–Crippen MR) is 52.6 cm³/mol. The summed E-state index contributed by atoms with van der Waals surface area (Å²) in [6.07, 6.45) is 0.903. The third-order valence-corrected chi connectivity index (χ3v) is 2.66. The normalized spacial score (nSPS) is 21.2. The quantitative estimate of drug-likeness (QED) is 0.413. The van der Waals surface area contributed by atoms with Crippen molar-refractivity contribution in [2.24, 2.45) is 0 Å². The van der Waals surface area contributed by atoms with E-state index in [-0.39, 0.29) is 5.75 Å². The molecule has 0 aliphatic carbocycles. The average Bonchev–Trinajstić information content (AvgIpc) is 2.12. The Morgan fingerprint density at radius 1 is 1.54 bits per heavy atom. The number of phenols is 1. The fourth-order valence-electron chi connectivity index (χ4n) is 1.88. The van der Waals surface area contributed by atoms with Crippen LogP contribution in [0.4, 0.5) is 5.69 Å². The van der Waals surface area contributed by atoms with Gasteiger partial charge in [-0.1, -0.05) is 6.07 Å². The lowest BCUT2D eigenvalue weighted by molar-refractivity contribution is 0.473. The molecule has 0 aromatic heterocycles. The summed E-state index contributed by atoms with van der Waals surface area (Å²) in [5.41, 5.74) is 8.65. The molecule has 1 aliphatic heterocycles. The molecule has 3 heteroatoms. The van der Waals surface area contributed by atoms with Crippen molar-refractivity contribution in [2.45, 2.75) is 19.4 Å². The van der Waals surface area contributed by atoms with Gasteiger partial charge in [0.1, 0.15) is 5.75 Å². The zero-order valence-electron chi connectivity index (χ0n) is 7.67. The summed E-state index contributed by atoms with van der Waals surface area (Å²) in [4.78, 5) is 0. The number of hydrogen-bond acceptors (Lipinski definition) is 3. The van der Waals surface area contributed by atoms with E-state index in [1.165, 1.54) is 5.56 Å². The molecule has 1 unspecified atom stereocenters. The molecular formula is C10H14N2O. The number of phenolic OH excluding ortho intramolecular Hbond substituents is 1. The second kappa shape index (κ2) is 2.92. The maximum absolute atomic E-state index is 9.42. The smallest absolute Gasteiger partial charge is 0.138 e. The molecule has 0 fully saturated rings. The van der Waals surface area contributed by atoms with Crippen molar-refractivity contribution in [1.82, 2.24) is 5.32 Å². The molecule has 3 nitrogen and oxygen atoms in total. The van der Waals surface area contributed by atoms with Gasteiger partial charge in [0.15, 0.2) is 0 Å². The zero-order valence-corrected chi connectivity index (χ0v) is 7.67. The third kappa shape index (κ3) is 1.25. The van der Waals surface area contributed by atoms with Gasteiger partial charge < -0.3 is 16.2 Å². The molecule has 1 heterocycles. The fraction of sp³-hybridized carbons (Fsp3) is 0.400. The van der Waals surface area contributed by atoms with Gasteiger partial charge in [-0.3, -0.25) is 0 Å². The van der Waals surface area contributed by atoms with Crippen LogP contribution >= 0.6 is 0 Å². The molecule has 1 atom stereocenters. The van der Waals surface area contributed by atoms with Gasteiger partial charge in [0.25, 0.3) is 0 Å². The van der Waals surface area contributed by atoms with Crippen molar-refractivity contribution in [3.63, 3.8) is 0 Å². The van der Waals surface area contributed by atoms with Crippen LogP contribution in [0.3, 0.4) is 0 Å². The molecule has 0 bridgehead atoms. The summed E-state index contributed by atoms with van der Waals surface area (Å²) in [6, 6.07) is 3.95. The molecule has 2 rings (SSSR count). The van der Waals surface area contributed by atoms with Crippen LogP contribution in [-0.2, 0) is 6.42 Å². The lowest BCUT2D eigenvalue weighted by atomic mass is 9.93. The third-order valence-electron chi connectivity index (χ3n) is 2.66. The van der Waals surface area contributed by atoms with Crippen molar-refractivity contribution in [3.8, 4) is 5.75 Å². The number of fused-ring (bicyclic) bond motifs is 1. The maximum Gasteiger partial charge on any atom is 0.138 e. The van der Waals surface area contributed by atoms with Gasteiger partial charge in [-0.25, -0.2) is 0 Å². The molecule has 0 amide bonds. The van der Waals surface area contributed by atoms with Crippen LogP contribution in [0.1, 0.15) is 24.1 Å². The Morgan fingerprint density at radius 3 is 3.08 bits per heavy atom. The lowest BCUT2D eigenvalue weighted by Crippen LogP contribution is -2.28. The SMILES string of the molecule is CC1NCCc2c1ccc(O)c2N. The van der Waals surface area contributed by atoms with Gasteiger partial charge in [0.2, 0.25) is 0 Å². The molecule has 4 N–H and O–H groups in total. The second-order valence-electron chi connectivity index (χ2n) is 3.49. The highest BCUT2D eigenvalue weighted by Crippen LogP contribution is 2.32. The monoisotopic (exact) mass is 178 g/mol. The largest absolute Gasteiger partial charge is 0.506 e. The summed E-state index contributed by atoms with van der Waals surface area (Å²) in [5, 5.41) is 12.8. The Labute approximate surface area is 77.6 Å². The van der Waals surface area contributed by atoms with Gasteiger partial charge in [-0.05, 0) is 37.1 Å². The summed E-state index contributed by atoms with van der Waals surface area (Å²) >= 11 is 0. The highest BCUT2D eigenvalue weighted by Gasteiger charge is 2.18. The van der Waals surface area contributed by atoms with Crippen LogP contribution in [0, 0.1) is 0 Å². The van der Waals surface area contributed by atoms with Crippen molar-refractivity contribution < 1.29 is 5.11 Å². The first-order valence-corrected chi connectivity index (χ1v) is 4.53. The molecule has 0 spiro atoms. The summed E-state index contributed by atoms with van der Waals surface area (Å²) < 4.78 is 0.